The molecule has 2 aromatic rings. The van der Waals surface area contributed by atoms with Crippen LogP contribution in [0.2, 0.25) is 0 Å². The lowest BCUT2D eigenvalue weighted by atomic mass is 10.0. The lowest BCUT2D eigenvalue weighted by molar-refractivity contribution is 0.184. The lowest BCUT2D eigenvalue weighted by Gasteiger charge is -2.22. The van der Waals surface area contributed by atoms with E-state index in [0.29, 0.717) is 5.76 Å². The van der Waals surface area contributed by atoms with E-state index in [1.165, 1.54) is 0 Å². The first-order valence-corrected chi connectivity index (χ1v) is 6.13. The van der Waals surface area contributed by atoms with Crippen molar-refractivity contribution in [2.24, 2.45) is 0 Å². The molecule has 3 nitrogen and oxygen atoms in total. The number of hydrogen-bond donors (Lipinski definition) is 1. The number of carbonyl (C=O) groups is 1. The minimum Gasteiger partial charge on any atom is -0.410 e. The number of alkyl carbamates (subject to hydrolysis) is 1. The highest BCUT2D eigenvalue weighted by Gasteiger charge is 2.22. The Morgan fingerprint density at radius 3 is 2.21 bits per heavy atom. The molecule has 0 radical (unpaired) electrons. The van der Waals surface area contributed by atoms with Crippen LogP contribution in [0.1, 0.15) is 17.2 Å². The Hall–Kier alpha value is -2.55. The summed E-state index contributed by atoms with van der Waals surface area (Å²) < 4.78 is 5.24. The topological polar surface area (TPSA) is 38.3 Å². The Kier molecular flexibility index (Phi) is 3.02. The second-order valence-corrected chi connectivity index (χ2v) is 4.32. The molecule has 19 heavy (non-hydrogen) atoms. The van der Waals surface area contributed by atoms with Crippen molar-refractivity contribution in [3.63, 3.8) is 0 Å². The zero-order valence-corrected chi connectivity index (χ0v) is 10.2. The van der Waals surface area contributed by atoms with Gasteiger partial charge in [-0.25, -0.2) is 4.79 Å². The van der Waals surface area contributed by atoms with Crippen LogP contribution in [0.5, 0.6) is 0 Å². The minimum absolute atomic E-state index is 0.155. The van der Waals surface area contributed by atoms with Gasteiger partial charge in [0.2, 0.25) is 0 Å². The fourth-order valence-electron chi connectivity index (χ4n) is 2.08. The van der Waals surface area contributed by atoms with Crippen molar-refractivity contribution in [1.29, 1.82) is 0 Å². The van der Waals surface area contributed by atoms with Gasteiger partial charge >= 0.3 is 6.09 Å². The van der Waals surface area contributed by atoms with Gasteiger partial charge in [0.15, 0.2) is 0 Å². The summed E-state index contributed by atoms with van der Waals surface area (Å²) in [6, 6.07) is 19.3. The molecule has 94 valence electrons. The minimum atomic E-state index is -0.421. The molecule has 0 bridgehead atoms. The molecule has 0 aromatic heterocycles. The van der Waals surface area contributed by atoms with Gasteiger partial charge in [-0.15, -0.1) is 0 Å². The average molecular weight is 251 g/mol. The van der Waals surface area contributed by atoms with Crippen LogP contribution in [0, 0.1) is 0 Å². The van der Waals surface area contributed by atoms with Crippen LogP contribution in [0.4, 0.5) is 4.79 Å². The molecule has 1 N–H and O–H groups in total. The van der Waals surface area contributed by atoms with Crippen molar-refractivity contribution >= 4 is 11.9 Å². The summed E-state index contributed by atoms with van der Waals surface area (Å²) >= 11 is 0. The highest BCUT2D eigenvalue weighted by Crippen LogP contribution is 2.26. The van der Waals surface area contributed by atoms with Crippen molar-refractivity contribution in [3.8, 4) is 0 Å². The van der Waals surface area contributed by atoms with Gasteiger partial charge < -0.3 is 10.1 Å². The summed E-state index contributed by atoms with van der Waals surface area (Å²) in [6.45, 7) is 0. The first kappa shape index (κ1) is 11.5. The number of amides is 1. The first-order valence-electron chi connectivity index (χ1n) is 6.13. The molecule has 0 fully saturated rings. The number of rotatable bonds is 2. The predicted molar refractivity (Wildman–Crippen MR) is 73.2 cm³/mol. The standard InChI is InChI=1S/C16H13NO2/c18-16-17-14(12-7-3-1-4-8-12)11-15(19-16)13-9-5-2-6-10-13/h1-11,14H,(H,17,18). The molecule has 2 aromatic carbocycles. The van der Waals surface area contributed by atoms with Crippen LogP contribution in [-0.2, 0) is 4.74 Å². The largest absolute Gasteiger partial charge is 0.413 e. The van der Waals surface area contributed by atoms with Crippen LogP contribution in [0.3, 0.4) is 0 Å². The monoisotopic (exact) mass is 251 g/mol. The summed E-state index contributed by atoms with van der Waals surface area (Å²) in [6.07, 6.45) is 1.50. The molecule has 0 saturated carbocycles. The van der Waals surface area contributed by atoms with Crippen LogP contribution >= 0.6 is 0 Å². The maximum absolute atomic E-state index is 11.7. The molecule has 1 unspecified atom stereocenters. The molecule has 1 heterocycles. The van der Waals surface area contributed by atoms with Gasteiger partial charge in [0.05, 0.1) is 6.04 Å². The third kappa shape index (κ3) is 2.50. The number of cyclic esters (lactones) is 1. The highest BCUT2D eigenvalue weighted by molar-refractivity contribution is 5.80. The SMILES string of the molecule is O=C1NC(c2ccccc2)C=C(c2ccccc2)O1. The van der Waals surface area contributed by atoms with Gasteiger partial charge in [-0.1, -0.05) is 60.7 Å². The van der Waals surface area contributed by atoms with Crippen LogP contribution in [0.25, 0.3) is 5.76 Å². The van der Waals surface area contributed by atoms with Crippen LogP contribution < -0.4 is 5.32 Å². The number of benzene rings is 2. The van der Waals surface area contributed by atoms with E-state index in [2.05, 4.69) is 5.32 Å². The molecule has 0 aliphatic carbocycles. The summed E-state index contributed by atoms with van der Waals surface area (Å²) in [5.74, 6) is 0.596. The maximum Gasteiger partial charge on any atom is 0.413 e. The van der Waals surface area contributed by atoms with E-state index < -0.39 is 6.09 Å². The Bertz CT molecular complexity index is 605. The predicted octanol–water partition coefficient (Wildman–Crippen LogP) is 3.51. The molecule has 0 spiro atoms. The zero-order chi connectivity index (χ0) is 13.1. The zero-order valence-electron chi connectivity index (χ0n) is 10.2. The fraction of sp³-hybridized carbons (Fsp3) is 0.0625. The van der Waals surface area contributed by atoms with Crippen LogP contribution in [-0.4, -0.2) is 6.09 Å². The summed E-state index contributed by atoms with van der Waals surface area (Å²) in [4.78, 5) is 11.7. The smallest absolute Gasteiger partial charge is 0.410 e. The van der Waals surface area contributed by atoms with Crippen molar-refractivity contribution in [3.05, 3.63) is 77.9 Å². The maximum atomic E-state index is 11.7. The third-order valence-electron chi connectivity index (χ3n) is 3.01. The first-order chi connectivity index (χ1) is 9.33. The summed E-state index contributed by atoms with van der Waals surface area (Å²) in [5.41, 5.74) is 1.94. The van der Waals surface area contributed by atoms with E-state index in [-0.39, 0.29) is 6.04 Å². The van der Waals surface area contributed by atoms with Crippen molar-refractivity contribution in [2.75, 3.05) is 0 Å². The number of carbonyl (C=O) groups excluding carboxylic acids is 1. The molecule has 0 saturated heterocycles. The quantitative estimate of drug-likeness (QED) is 0.887. The fourth-order valence-corrected chi connectivity index (χ4v) is 2.08. The third-order valence-corrected chi connectivity index (χ3v) is 3.01. The number of hydrogen-bond acceptors (Lipinski definition) is 2. The molecule has 1 aliphatic heterocycles. The van der Waals surface area contributed by atoms with E-state index in [1.807, 2.05) is 66.7 Å². The van der Waals surface area contributed by atoms with Crippen LogP contribution in [0.15, 0.2) is 66.7 Å². The molecule has 3 heteroatoms. The molecular formula is C16H13NO2. The van der Waals surface area contributed by atoms with E-state index in [9.17, 15) is 4.79 Å². The second kappa shape index (κ2) is 4.98. The Labute approximate surface area is 111 Å². The van der Waals surface area contributed by atoms with Crippen molar-refractivity contribution in [1.82, 2.24) is 5.32 Å². The molecule has 1 amide bonds. The number of nitrogens with one attached hydrogen (secondary N) is 1. The van der Waals surface area contributed by atoms with Crippen molar-refractivity contribution < 1.29 is 9.53 Å². The van der Waals surface area contributed by atoms with E-state index in [4.69, 9.17) is 4.74 Å². The van der Waals surface area contributed by atoms with E-state index in [0.717, 1.165) is 11.1 Å². The molecule has 3 rings (SSSR count). The molecule has 1 aliphatic rings. The number of ether oxygens (including phenoxy) is 1. The highest BCUT2D eigenvalue weighted by atomic mass is 16.6. The van der Waals surface area contributed by atoms with Gasteiger partial charge in [-0.05, 0) is 11.6 Å². The molecular weight excluding hydrogens is 238 g/mol. The normalized spacial score (nSPS) is 18.2. The van der Waals surface area contributed by atoms with Gasteiger partial charge in [-0.3, -0.25) is 0 Å². The Balaban J connectivity index is 1.97. The van der Waals surface area contributed by atoms with Crippen molar-refractivity contribution in [2.45, 2.75) is 6.04 Å². The second-order valence-electron chi connectivity index (χ2n) is 4.32. The van der Waals surface area contributed by atoms with Gasteiger partial charge in [0, 0.05) is 5.56 Å². The van der Waals surface area contributed by atoms with Gasteiger partial charge in [0.25, 0.3) is 0 Å². The Morgan fingerprint density at radius 2 is 1.53 bits per heavy atom. The van der Waals surface area contributed by atoms with E-state index >= 15 is 0 Å². The molecule has 1 atom stereocenters. The summed E-state index contributed by atoms with van der Waals surface area (Å²) in [7, 11) is 0. The lowest BCUT2D eigenvalue weighted by Crippen LogP contribution is -2.31. The van der Waals surface area contributed by atoms with Gasteiger partial charge in [0.1, 0.15) is 5.76 Å². The van der Waals surface area contributed by atoms with E-state index in [1.54, 1.807) is 0 Å². The van der Waals surface area contributed by atoms with Gasteiger partial charge in [-0.2, -0.15) is 0 Å². The summed E-state index contributed by atoms with van der Waals surface area (Å²) in [5, 5.41) is 2.79. The Morgan fingerprint density at radius 1 is 0.895 bits per heavy atom. The average Bonchev–Trinajstić information content (AvgIpc) is 2.48.